The van der Waals surface area contributed by atoms with Crippen molar-refractivity contribution in [3.8, 4) is 0 Å². The van der Waals surface area contributed by atoms with E-state index in [1.165, 1.54) is 12.1 Å². The Labute approximate surface area is 102 Å². The molecule has 8 heteroatoms. The van der Waals surface area contributed by atoms with Crippen LogP contribution in [0.5, 0.6) is 0 Å². The second-order valence-corrected chi connectivity index (χ2v) is 3.65. The highest BCUT2D eigenvalue weighted by Crippen LogP contribution is 1.91. The van der Waals surface area contributed by atoms with Gasteiger partial charge in [-0.1, -0.05) is 0 Å². The zero-order valence-electron chi connectivity index (χ0n) is 9.75. The van der Waals surface area contributed by atoms with Crippen molar-refractivity contribution in [3.05, 3.63) is 40.3 Å². The third kappa shape index (κ3) is 3.00. The molecule has 0 spiro atoms. The van der Waals surface area contributed by atoms with Crippen molar-refractivity contribution in [2.24, 2.45) is 7.05 Å². The van der Waals surface area contributed by atoms with Gasteiger partial charge in [-0.25, -0.2) is 10.1 Å². The number of hydrogen-bond donors (Lipinski definition) is 2. The summed E-state index contributed by atoms with van der Waals surface area (Å²) in [6.45, 7) is 0.406. The number of amides is 1. The monoisotopic (exact) mass is 248 g/mol. The number of nitrogens with zero attached hydrogens (tertiary/aromatic N) is 4. The van der Waals surface area contributed by atoms with Gasteiger partial charge in [0.2, 0.25) is 0 Å². The second-order valence-electron chi connectivity index (χ2n) is 3.65. The van der Waals surface area contributed by atoms with E-state index in [1.54, 1.807) is 18.1 Å². The van der Waals surface area contributed by atoms with Crippen molar-refractivity contribution >= 4 is 5.91 Å². The van der Waals surface area contributed by atoms with Crippen molar-refractivity contribution in [2.45, 2.75) is 6.42 Å². The molecule has 2 N–H and O–H groups in total. The van der Waals surface area contributed by atoms with Gasteiger partial charge in [-0.3, -0.25) is 14.3 Å². The number of rotatable bonds is 4. The normalized spacial score (nSPS) is 10.3. The van der Waals surface area contributed by atoms with E-state index in [4.69, 9.17) is 0 Å². The maximum Gasteiger partial charge on any atom is 0.271 e. The molecule has 0 fully saturated rings. The summed E-state index contributed by atoms with van der Waals surface area (Å²) in [4.78, 5) is 26.4. The summed E-state index contributed by atoms with van der Waals surface area (Å²) in [5, 5.41) is 12.6. The van der Waals surface area contributed by atoms with Crippen molar-refractivity contribution in [1.29, 1.82) is 0 Å². The molecule has 2 aromatic rings. The molecule has 8 nitrogen and oxygen atoms in total. The van der Waals surface area contributed by atoms with E-state index >= 15 is 0 Å². The van der Waals surface area contributed by atoms with Gasteiger partial charge in [0.15, 0.2) is 5.82 Å². The SMILES string of the molecule is Cn1cnc(CCNC(=O)c2ccc(=O)[nH]n2)n1. The Morgan fingerprint density at radius 3 is 2.94 bits per heavy atom. The largest absolute Gasteiger partial charge is 0.350 e. The molecule has 2 heterocycles. The summed E-state index contributed by atoms with van der Waals surface area (Å²) in [5.74, 6) is 0.314. The first-order chi connectivity index (χ1) is 8.65. The van der Waals surface area contributed by atoms with Gasteiger partial charge in [0.25, 0.3) is 11.5 Å². The van der Waals surface area contributed by atoms with Crippen LogP contribution in [-0.2, 0) is 13.5 Å². The molecule has 0 unspecified atom stereocenters. The maximum atomic E-state index is 11.6. The topological polar surface area (TPSA) is 106 Å². The van der Waals surface area contributed by atoms with E-state index in [-0.39, 0.29) is 17.2 Å². The standard InChI is InChI=1S/C10H12N6O2/c1-16-6-12-8(15-16)4-5-11-10(18)7-2-3-9(17)14-13-7/h2-3,6H,4-5H2,1H3,(H,11,18)(H,14,17). The van der Waals surface area contributed by atoms with Crippen LogP contribution >= 0.6 is 0 Å². The van der Waals surface area contributed by atoms with Gasteiger partial charge >= 0.3 is 0 Å². The van der Waals surface area contributed by atoms with Crippen LogP contribution in [0.1, 0.15) is 16.3 Å². The van der Waals surface area contributed by atoms with E-state index < -0.39 is 0 Å². The Morgan fingerprint density at radius 1 is 1.50 bits per heavy atom. The predicted molar refractivity (Wildman–Crippen MR) is 61.9 cm³/mol. The van der Waals surface area contributed by atoms with Crippen LogP contribution in [0.3, 0.4) is 0 Å². The Hall–Kier alpha value is -2.51. The number of aryl methyl sites for hydroxylation is 1. The van der Waals surface area contributed by atoms with Crippen LogP contribution in [0.25, 0.3) is 0 Å². The van der Waals surface area contributed by atoms with E-state index in [1.807, 2.05) is 0 Å². The fourth-order valence-electron chi connectivity index (χ4n) is 1.35. The fourth-order valence-corrected chi connectivity index (χ4v) is 1.35. The molecular formula is C10H12N6O2. The summed E-state index contributed by atoms with van der Waals surface area (Å²) in [6.07, 6.45) is 2.14. The summed E-state index contributed by atoms with van der Waals surface area (Å²) in [7, 11) is 1.78. The molecule has 0 aliphatic heterocycles. The zero-order valence-corrected chi connectivity index (χ0v) is 9.75. The first kappa shape index (κ1) is 12.0. The molecule has 0 atom stereocenters. The third-order valence-electron chi connectivity index (χ3n) is 2.19. The first-order valence-corrected chi connectivity index (χ1v) is 5.33. The summed E-state index contributed by atoms with van der Waals surface area (Å²) < 4.78 is 1.60. The molecule has 18 heavy (non-hydrogen) atoms. The number of carbonyl (C=O) groups is 1. The van der Waals surface area contributed by atoms with E-state index in [9.17, 15) is 9.59 Å². The van der Waals surface area contributed by atoms with Crippen LogP contribution in [0.2, 0.25) is 0 Å². The van der Waals surface area contributed by atoms with Crippen molar-refractivity contribution < 1.29 is 4.79 Å². The van der Waals surface area contributed by atoms with Crippen molar-refractivity contribution in [1.82, 2.24) is 30.3 Å². The van der Waals surface area contributed by atoms with Gasteiger partial charge in [-0.2, -0.15) is 10.2 Å². The molecule has 0 radical (unpaired) electrons. The molecule has 0 aliphatic carbocycles. The Kier molecular flexibility index (Phi) is 3.46. The molecule has 2 rings (SSSR count). The minimum atomic E-state index is -0.345. The molecule has 0 bridgehead atoms. The fraction of sp³-hybridized carbons (Fsp3) is 0.300. The molecular weight excluding hydrogens is 236 g/mol. The lowest BCUT2D eigenvalue weighted by Gasteiger charge is -2.01. The molecule has 1 amide bonds. The first-order valence-electron chi connectivity index (χ1n) is 5.33. The van der Waals surface area contributed by atoms with Crippen molar-refractivity contribution in [2.75, 3.05) is 6.54 Å². The molecule has 0 saturated carbocycles. The molecule has 0 aromatic carbocycles. The lowest BCUT2D eigenvalue weighted by molar-refractivity contribution is 0.0948. The lowest BCUT2D eigenvalue weighted by Crippen LogP contribution is -2.27. The summed E-state index contributed by atoms with van der Waals surface area (Å²) in [6, 6.07) is 2.62. The highest BCUT2D eigenvalue weighted by Gasteiger charge is 2.07. The van der Waals surface area contributed by atoms with Crippen LogP contribution in [0, 0.1) is 0 Å². The van der Waals surface area contributed by atoms with E-state index in [0.717, 1.165) is 0 Å². The smallest absolute Gasteiger partial charge is 0.271 e. The zero-order chi connectivity index (χ0) is 13.0. The lowest BCUT2D eigenvalue weighted by atomic mass is 10.3. The second kappa shape index (κ2) is 5.21. The Bertz CT molecular complexity index is 582. The van der Waals surface area contributed by atoms with Gasteiger partial charge in [-0.05, 0) is 6.07 Å². The average Bonchev–Trinajstić information content (AvgIpc) is 2.76. The average molecular weight is 248 g/mol. The molecule has 0 saturated heterocycles. The third-order valence-corrected chi connectivity index (χ3v) is 2.19. The predicted octanol–water partition coefficient (Wildman–Crippen LogP) is -1.13. The molecule has 2 aromatic heterocycles. The quantitative estimate of drug-likeness (QED) is 0.712. The van der Waals surface area contributed by atoms with Gasteiger partial charge in [0.1, 0.15) is 12.0 Å². The number of hydrogen-bond acceptors (Lipinski definition) is 5. The van der Waals surface area contributed by atoms with Crippen LogP contribution in [0.4, 0.5) is 0 Å². The molecule has 0 aliphatic rings. The number of nitrogens with one attached hydrogen (secondary N) is 2. The van der Waals surface area contributed by atoms with E-state index in [2.05, 4.69) is 25.6 Å². The highest BCUT2D eigenvalue weighted by molar-refractivity contribution is 5.91. The van der Waals surface area contributed by atoms with Crippen LogP contribution < -0.4 is 10.9 Å². The number of aromatic amines is 1. The van der Waals surface area contributed by atoms with Crippen molar-refractivity contribution in [3.63, 3.8) is 0 Å². The number of aromatic nitrogens is 5. The van der Waals surface area contributed by atoms with Gasteiger partial charge in [-0.15, -0.1) is 0 Å². The van der Waals surface area contributed by atoms with Crippen LogP contribution in [0.15, 0.2) is 23.3 Å². The number of H-pyrrole nitrogens is 1. The highest BCUT2D eigenvalue weighted by atomic mass is 16.2. The minimum absolute atomic E-state index is 0.170. The minimum Gasteiger partial charge on any atom is -0.350 e. The van der Waals surface area contributed by atoms with E-state index in [0.29, 0.717) is 18.8 Å². The summed E-state index contributed by atoms with van der Waals surface area (Å²) >= 11 is 0. The number of carbonyl (C=O) groups excluding carboxylic acids is 1. The summed E-state index contributed by atoms with van der Waals surface area (Å²) in [5.41, 5.74) is -0.173. The van der Waals surface area contributed by atoms with Gasteiger partial charge < -0.3 is 5.32 Å². The van der Waals surface area contributed by atoms with Crippen LogP contribution in [-0.4, -0.2) is 37.4 Å². The Morgan fingerprint density at radius 2 is 2.33 bits per heavy atom. The van der Waals surface area contributed by atoms with Gasteiger partial charge in [0, 0.05) is 26.1 Å². The maximum absolute atomic E-state index is 11.6. The molecule has 94 valence electrons. The Balaban J connectivity index is 1.85. The van der Waals surface area contributed by atoms with Gasteiger partial charge in [0.05, 0.1) is 0 Å².